The molecule has 0 unspecified atom stereocenters. The van der Waals surface area contributed by atoms with Gasteiger partial charge in [-0.05, 0) is 64.0 Å². The fourth-order valence-electron chi connectivity index (χ4n) is 3.13. The number of rotatable bonds is 13. The van der Waals surface area contributed by atoms with Crippen LogP contribution in [0.2, 0.25) is 0 Å². The maximum absolute atomic E-state index is 12.6. The smallest absolute Gasteiger partial charge is 0.251 e. The molecule has 0 aliphatic rings. The lowest BCUT2D eigenvalue weighted by atomic mass is 10.1. The Morgan fingerprint density at radius 2 is 1.58 bits per heavy atom. The molecule has 3 aromatic rings. The van der Waals surface area contributed by atoms with Crippen LogP contribution in [0.1, 0.15) is 26.4 Å². The largest absolute Gasteiger partial charge is 0.497 e. The SMILES string of the molecule is COc1ccc(COCCOc2ccc(C(=O)NCC(=O)c3ccc(OC)c(Br)n3)cc2OC)cc1. The molecule has 0 aliphatic heterocycles. The summed E-state index contributed by atoms with van der Waals surface area (Å²) in [7, 11) is 4.62. The number of halogens is 1. The van der Waals surface area contributed by atoms with Crippen molar-refractivity contribution in [2.24, 2.45) is 0 Å². The second kappa shape index (κ2) is 13.5. The van der Waals surface area contributed by atoms with Crippen LogP contribution in [0.4, 0.5) is 0 Å². The number of ether oxygens (including phenoxy) is 5. The summed E-state index contributed by atoms with van der Waals surface area (Å²) in [4.78, 5) is 29.1. The molecule has 0 spiro atoms. The van der Waals surface area contributed by atoms with Gasteiger partial charge in [0, 0.05) is 5.56 Å². The van der Waals surface area contributed by atoms with E-state index in [1.54, 1.807) is 31.4 Å². The van der Waals surface area contributed by atoms with Crippen molar-refractivity contribution in [2.45, 2.75) is 6.61 Å². The lowest BCUT2D eigenvalue weighted by molar-refractivity contribution is 0.0877. The monoisotopic (exact) mass is 558 g/mol. The number of ketones is 1. The lowest BCUT2D eigenvalue weighted by Crippen LogP contribution is -2.30. The van der Waals surface area contributed by atoms with Crippen molar-refractivity contribution >= 4 is 27.6 Å². The molecule has 2 aromatic carbocycles. The van der Waals surface area contributed by atoms with E-state index in [1.807, 2.05) is 24.3 Å². The van der Waals surface area contributed by atoms with Crippen LogP contribution in [0.25, 0.3) is 0 Å². The second-order valence-electron chi connectivity index (χ2n) is 7.41. The number of carbonyl (C=O) groups excluding carboxylic acids is 2. The first-order valence-electron chi connectivity index (χ1n) is 11.0. The minimum absolute atomic E-state index is 0.207. The third-order valence-electron chi connectivity index (χ3n) is 5.07. The average Bonchev–Trinajstić information content (AvgIpc) is 2.91. The minimum Gasteiger partial charge on any atom is -0.497 e. The Labute approximate surface area is 217 Å². The molecule has 1 heterocycles. The molecule has 0 bridgehead atoms. The number of aromatic nitrogens is 1. The molecule has 3 rings (SSSR count). The third kappa shape index (κ3) is 7.43. The van der Waals surface area contributed by atoms with Gasteiger partial charge in [0.15, 0.2) is 23.0 Å². The number of nitrogens with one attached hydrogen (secondary N) is 1. The summed E-state index contributed by atoms with van der Waals surface area (Å²) in [6.07, 6.45) is 0. The van der Waals surface area contributed by atoms with E-state index in [-0.39, 0.29) is 18.0 Å². The van der Waals surface area contributed by atoms with E-state index in [1.165, 1.54) is 20.3 Å². The summed E-state index contributed by atoms with van der Waals surface area (Å²) in [5.74, 6) is 1.40. The van der Waals surface area contributed by atoms with Crippen molar-refractivity contribution in [3.05, 3.63) is 76.0 Å². The summed E-state index contributed by atoms with van der Waals surface area (Å²) >= 11 is 3.24. The van der Waals surface area contributed by atoms with E-state index < -0.39 is 5.91 Å². The fraction of sp³-hybridized carbons (Fsp3) is 0.269. The van der Waals surface area contributed by atoms with Crippen LogP contribution in [0, 0.1) is 0 Å². The van der Waals surface area contributed by atoms with E-state index in [2.05, 4.69) is 26.2 Å². The van der Waals surface area contributed by atoms with Crippen LogP contribution in [-0.4, -0.2) is 57.8 Å². The Morgan fingerprint density at radius 3 is 2.25 bits per heavy atom. The van der Waals surface area contributed by atoms with Crippen LogP contribution in [-0.2, 0) is 11.3 Å². The number of amides is 1. The topological polar surface area (TPSA) is 105 Å². The van der Waals surface area contributed by atoms with Gasteiger partial charge in [0.25, 0.3) is 5.91 Å². The Bertz CT molecular complexity index is 1190. The van der Waals surface area contributed by atoms with E-state index in [0.29, 0.717) is 47.2 Å². The molecule has 0 fully saturated rings. The number of benzene rings is 2. The molecule has 1 N–H and O–H groups in total. The lowest BCUT2D eigenvalue weighted by Gasteiger charge is -2.13. The van der Waals surface area contributed by atoms with Crippen LogP contribution < -0.4 is 24.3 Å². The molecule has 10 heteroatoms. The van der Waals surface area contributed by atoms with Gasteiger partial charge < -0.3 is 29.0 Å². The van der Waals surface area contributed by atoms with Gasteiger partial charge in [-0.1, -0.05) is 12.1 Å². The highest BCUT2D eigenvalue weighted by atomic mass is 79.9. The van der Waals surface area contributed by atoms with E-state index in [9.17, 15) is 9.59 Å². The molecule has 190 valence electrons. The summed E-state index contributed by atoms with van der Waals surface area (Å²) in [5, 5.41) is 2.60. The molecule has 9 nitrogen and oxygen atoms in total. The zero-order chi connectivity index (χ0) is 25.9. The fourth-order valence-corrected chi connectivity index (χ4v) is 3.62. The highest BCUT2D eigenvalue weighted by Gasteiger charge is 2.15. The van der Waals surface area contributed by atoms with Gasteiger partial charge in [0.2, 0.25) is 0 Å². The first-order valence-corrected chi connectivity index (χ1v) is 11.8. The molecular weight excluding hydrogens is 532 g/mol. The van der Waals surface area contributed by atoms with E-state index >= 15 is 0 Å². The van der Waals surface area contributed by atoms with Crippen LogP contribution in [0.5, 0.6) is 23.0 Å². The predicted octanol–water partition coefficient (Wildman–Crippen LogP) is 4.08. The van der Waals surface area contributed by atoms with Crippen molar-refractivity contribution in [3.8, 4) is 23.0 Å². The molecule has 0 atom stereocenters. The molecule has 0 saturated heterocycles. The third-order valence-corrected chi connectivity index (χ3v) is 5.64. The normalized spacial score (nSPS) is 10.4. The summed E-state index contributed by atoms with van der Waals surface area (Å²) in [5.41, 5.74) is 1.56. The van der Waals surface area contributed by atoms with Gasteiger partial charge in [-0.15, -0.1) is 0 Å². The molecule has 0 aliphatic carbocycles. The van der Waals surface area contributed by atoms with Gasteiger partial charge in [0.1, 0.15) is 22.7 Å². The molecule has 1 amide bonds. The molecule has 1 aromatic heterocycles. The van der Waals surface area contributed by atoms with Crippen LogP contribution in [0.15, 0.2) is 59.2 Å². The van der Waals surface area contributed by atoms with E-state index in [4.69, 9.17) is 23.7 Å². The van der Waals surface area contributed by atoms with Crippen molar-refractivity contribution in [3.63, 3.8) is 0 Å². The first kappa shape index (κ1) is 27.0. The molecule has 0 radical (unpaired) electrons. The average molecular weight is 559 g/mol. The zero-order valence-electron chi connectivity index (χ0n) is 20.2. The number of methoxy groups -OCH3 is 3. The number of hydrogen-bond acceptors (Lipinski definition) is 8. The number of pyridine rings is 1. The van der Waals surface area contributed by atoms with Crippen molar-refractivity contribution in [2.75, 3.05) is 41.1 Å². The minimum atomic E-state index is -0.427. The first-order chi connectivity index (χ1) is 17.4. The number of Topliss-reactive ketones (excluding diaryl/α,β-unsaturated/α-hetero) is 1. The van der Waals surface area contributed by atoms with Gasteiger partial charge in [-0.25, -0.2) is 4.98 Å². The van der Waals surface area contributed by atoms with Gasteiger partial charge >= 0.3 is 0 Å². The van der Waals surface area contributed by atoms with Gasteiger partial charge in [-0.3, -0.25) is 9.59 Å². The van der Waals surface area contributed by atoms with Gasteiger partial charge in [0.05, 0.1) is 41.1 Å². The molecule has 0 saturated carbocycles. The summed E-state index contributed by atoms with van der Waals surface area (Å²) in [6.45, 7) is 0.911. The maximum atomic E-state index is 12.6. The number of carbonyl (C=O) groups is 2. The quantitative estimate of drug-likeness (QED) is 0.190. The summed E-state index contributed by atoms with van der Waals surface area (Å²) in [6, 6.07) is 15.6. The number of nitrogens with zero attached hydrogens (tertiary/aromatic N) is 1. The Balaban J connectivity index is 1.48. The maximum Gasteiger partial charge on any atom is 0.251 e. The Morgan fingerprint density at radius 1 is 0.861 bits per heavy atom. The predicted molar refractivity (Wildman–Crippen MR) is 136 cm³/mol. The highest BCUT2D eigenvalue weighted by Crippen LogP contribution is 2.28. The second-order valence-corrected chi connectivity index (χ2v) is 8.16. The van der Waals surface area contributed by atoms with Crippen molar-refractivity contribution < 1.29 is 33.3 Å². The van der Waals surface area contributed by atoms with Crippen LogP contribution >= 0.6 is 15.9 Å². The number of hydrogen-bond donors (Lipinski definition) is 1. The highest BCUT2D eigenvalue weighted by molar-refractivity contribution is 9.10. The standard InChI is InChI=1S/C26H27BrN2O7/c1-32-19-7-4-17(5-8-19)16-35-12-13-36-22-10-6-18(14-24(22)34-3)26(31)28-15-21(30)20-9-11-23(33-2)25(27)29-20/h4-11,14H,12-13,15-16H2,1-3H3,(H,28,31). The van der Waals surface area contributed by atoms with E-state index in [0.717, 1.165) is 11.3 Å². The van der Waals surface area contributed by atoms with Crippen molar-refractivity contribution in [1.82, 2.24) is 10.3 Å². The van der Waals surface area contributed by atoms with Crippen molar-refractivity contribution in [1.29, 1.82) is 0 Å². The zero-order valence-corrected chi connectivity index (χ0v) is 21.8. The Hall–Kier alpha value is -3.63. The van der Waals surface area contributed by atoms with Crippen LogP contribution in [0.3, 0.4) is 0 Å². The van der Waals surface area contributed by atoms with Gasteiger partial charge in [-0.2, -0.15) is 0 Å². The molecule has 36 heavy (non-hydrogen) atoms. The Kier molecular flexibility index (Phi) is 10.1. The summed E-state index contributed by atoms with van der Waals surface area (Å²) < 4.78 is 27.4. The molecular formula is C26H27BrN2O7.